The predicted octanol–water partition coefficient (Wildman–Crippen LogP) is 3.28. The van der Waals surface area contributed by atoms with Gasteiger partial charge in [-0.1, -0.05) is 48.5 Å². The predicted molar refractivity (Wildman–Crippen MR) is 107 cm³/mol. The maximum absolute atomic E-state index is 13.0. The number of aliphatic carboxylic acids is 1. The lowest BCUT2D eigenvalue weighted by Gasteiger charge is -2.29. The van der Waals surface area contributed by atoms with E-state index in [4.69, 9.17) is 9.84 Å². The van der Waals surface area contributed by atoms with Gasteiger partial charge in [-0.15, -0.1) is 0 Å². The second-order valence-electron chi connectivity index (χ2n) is 6.64. The van der Waals surface area contributed by atoms with Crippen LogP contribution in [0.2, 0.25) is 0 Å². The second-order valence-corrected chi connectivity index (χ2v) is 6.64. The second kappa shape index (κ2) is 7.27. The fourth-order valence-corrected chi connectivity index (χ4v) is 3.83. The molecule has 0 radical (unpaired) electrons. The van der Waals surface area contributed by atoms with Gasteiger partial charge in [-0.2, -0.15) is 0 Å². The molecule has 0 spiro atoms. The lowest BCUT2D eigenvalue weighted by atomic mass is 10.0. The van der Waals surface area contributed by atoms with Crippen molar-refractivity contribution < 1.29 is 19.4 Å². The first kappa shape index (κ1) is 18.5. The van der Waals surface area contributed by atoms with Crippen molar-refractivity contribution in [1.29, 1.82) is 0 Å². The van der Waals surface area contributed by atoms with Crippen LogP contribution >= 0.6 is 0 Å². The van der Waals surface area contributed by atoms with E-state index in [1.165, 1.54) is 24.3 Å². The van der Waals surface area contributed by atoms with Crippen molar-refractivity contribution in [3.8, 4) is 11.1 Å². The van der Waals surface area contributed by atoms with Gasteiger partial charge in [0.05, 0.1) is 13.2 Å². The fourth-order valence-electron chi connectivity index (χ4n) is 3.83. The van der Waals surface area contributed by atoms with Gasteiger partial charge >= 0.3 is 12.1 Å². The van der Waals surface area contributed by atoms with Gasteiger partial charge in [0.25, 0.3) is 5.56 Å². The Morgan fingerprint density at radius 3 is 2.14 bits per heavy atom. The maximum atomic E-state index is 13.0. The van der Waals surface area contributed by atoms with E-state index in [2.05, 4.69) is 0 Å². The molecular weight excluding hydrogens is 372 g/mol. The van der Waals surface area contributed by atoms with E-state index in [0.29, 0.717) is 0 Å². The number of nitrogens with zero attached hydrogens (tertiary/aromatic N) is 2. The van der Waals surface area contributed by atoms with E-state index in [1.54, 1.807) is 6.07 Å². The number of carboxylic acid groups (broad SMARTS) is 1. The summed E-state index contributed by atoms with van der Waals surface area (Å²) in [6, 6.07) is 17.8. The summed E-state index contributed by atoms with van der Waals surface area (Å²) in [5, 5.41) is 9.08. The molecule has 0 atom stereocenters. The average molecular weight is 390 g/mol. The molecule has 146 valence electrons. The molecule has 1 amide bonds. The molecule has 1 aliphatic rings. The number of carbonyl (C=O) groups excluding carboxylic acids is 1. The largest absolute Gasteiger partial charge is 0.480 e. The van der Waals surface area contributed by atoms with Crippen molar-refractivity contribution in [1.82, 2.24) is 4.57 Å². The molecule has 0 saturated heterocycles. The van der Waals surface area contributed by atoms with Gasteiger partial charge in [0, 0.05) is 6.20 Å². The molecule has 0 unspecified atom stereocenters. The zero-order valence-electron chi connectivity index (χ0n) is 15.6. The summed E-state index contributed by atoms with van der Waals surface area (Å²) in [5.41, 5.74) is 3.16. The number of aromatic nitrogens is 1. The molecule has 2 aromatic carbocycles. The molecule has 1 N–H and O–H groups in total. The summed E-state index contributed by atoms with van der Waals surface area (Å²) in [4.78, 5) is 38.2. The Morgan fingerprint density at radius 2 is 1.59 bits per heavy atom. The highest BCUT2D eigenvalue weighted by Crippen LogP contribution is 2.47. The number of benzene rings is 2. The molecule has 1 heterocycles. The zero-order valence-corrected chi connectivity index (χ0v) is 15.6. The van der Waals surface area contributed by atoms with E-state index in [0.717, 1.165) is 26.8 Å². The molecule has 0 bridgehead atoms. The van der Waals surface area contributed by atoms with Crippen LogP contribution in [-0.4, -0.2) is 28.8 Å². The van der Waals surface area contributed by atoms with Crippen LogP contribution in [0.4, 0.5) is 10.5 Å². The van der Waals surface area contributed by atoms with Gasteiger partial charge in [-0.3, -0.25) is 14.5 Å². The van der Waals surface area contributed by atoms with E-state index in [9.17, 15) is 14.4 Å². The maximum Gasteiger partial charge on any atom is 0.415 e. The summed E-state index contributed by atoms with van der Waals surface area (Å²) in [6.07, 6.45) is 0.679. The Labute approximate surface area is 166 Å². The topological polar surface area (TPSA) is 88.8 Å². The van der Waals surface area contributed by atoms with Crippen LogP contribution in [0.15, 0.2) is 71.7 Å². The van der Waals surface area contributed by atoms with Crippen LogP contribution in [0.25, 0.3) is 11.1 Å². The minimum absolute atomic E-state index is 0.0529. The van der Waals surface area contributed by atoms with Crippen LogP contribution < -0.4 is 10.5 Å². The smallest absolute Gasteiger partial charge is 0.415 e. The van der Waals surface area contributed by atoms with Crippen molar-refractivity contribution in [2.24, 2.45) is 0 Å². The number of amides is 1. The Bertz CT molecular complexity index is 1120. The third-order valence-electron chi connectivity index (χ3n) is 5.00. The average Bonchev–Trinajstić information content (AvgIpc) is 3.05. The number of hydrogen-bond donors (Lipinski definition) is 1. The zero-order chi connectivity index (χ0) is 20.5. The summed E-state index contributed by atoms with van der Waals surface area (Å²) in [5.74, 6) is -1.15. The number of anilines is 1. The molecule has 4 rings (SSSR count). The number of ether oxygens (including phenoxy) is 1. The van der Waals surface area contributed by atoms with E-state index in [-0.39, 0.29) is 5.69 Å². The highest BCUT2D eigenvalue weighted by Gasteiger charge is 2.38. The lowest BCUT2D eigenvalue weighted by molar-refractivity contribution is -0.137. The quantitative estimate of drug-likeness (QED) is 0.739. The highest BCUT2D eigenvalue weighted by atomic mass is 16.5. The number of methoxy groups -OCH3 is 1. The Hall–Kier alpha value is -3.87. The van der Waals surface area contributed by atoms with Crippen LogP contribution in [0.1, 0.15) is 17.2 Å². The Kier molecular flexibility index (Phi) is 4.64. The van der Waals surface area contributed by atoms with Gasteiger partial charge in [-0.25, -0.2) is 4.79 Å². The lowest BCUT2D eigenvalue weighted by Crippen LogP contribution is -2.40. The van der Waals surface area contributed by atoms with Crippen molar-refractivity contribution >= 4 is 17.7 Å². The van der Waals surface area contributed by atoms with Crippen molar-refractivity contribution in [2.75, 3.05) is 12.0 Å². The van der Waals surface area contributed by atoms with Gasteiger partial charge < -0.3 is 14.4 Å². The standard InChI is InChI=1S/C22H18N2O5/c1-29-22(28)24(18-11-6-12-23(21(18)27)13-19(25)26)20-16-9-4-2-7-14(16)15-8-3-5-10-17(15)20/h2-12,20H,13H2,1H3,(H,25,26). The first-order valence-electron chi connectivity index (χ1n) is 8.99. The summed E-state index contributed by atoms with van der Waals surface area (Å²) in [7, 11) is 1.25. The molecule has 7 heteroatoms. The van der Waals surface area contributed by atoms with E-state index >= 15 is 0 Å². The van der Waals surface area contributed by atoms with Crippen LogP contribution in [0.5, 0.6) is 0 Å². The summed E-state index contributed by atoms with van der Waals surface area (Å²) < 4.78 is 6.06. The Morgan fingerprint density at radius 1 is 1.00 bits per heavy atom. The number of carbonyl (C=O) groups is 2. The third kappa shape index (κ3) is 3.06. The number of rotatable bonds is 4. The minimum Gasteiger partial charge on any atom is -0.480 e. The van der Waals surface area contributed by atoms with Crippen LogP contribution in [0.3, 0.4) is 0 Å². The summed E-state index contributed by atoms with van der Waals surface area (Å²) in [6.45, 7) is -0.500. The SMILES string of the molecule is COC(=O)N(c1cccn(CC(=O)O)c1=O)C1c2ccccc2-c2ccccc21. The number of carboxylic acids is 1. The van der Waals surface area contributed by atoms with Gasteiger partial charge in [0.2, 0.25) is 0 Å². The fraction of sp³-hybridized carbons (Fsp3) is 0.136. The minimum atomic E-state index is -1.15. The molecule has 1 aromatic heterocycles. The monoisotopic (exact) mass is 390 g/mol. The third-order valence-corrected chi connectivity index (χ3v) is 5.00. The van der Waals surface area contributed by atoms with Gasteiger partial charge in [-0.05, 0) is 34.4 Å². The number of fused-ring (bicyclic) bond motifs is 3. The first-order chi connectivity index (χ1) is 14.0. The van der Waals surface area contributed by atoms with Crippen molar-refractivity contribution in [2.45, 2.75) is 12.6 Å². The number of hydrogen-bond acceptors (Lipinski definition) is 4. The summed E-state index contributed by atoms with van der Waals surface area (Å²) >= 11 is 0. The molecule has 1 aliphatic carbocycles. The van der Waals surface area contributed by atoms with Gasteiger partial charge in [0.1, 0.15) is 12.2 Å². The molecular formula is C22H18N2O5. The molecule has 29 heavy (non-hydrogen) atoms. The molecule has 0 aliphatic heterocycles. The highest BCUT2D eigenvalue weighted by molar-refractivity contribution is 5.92. The van der Waals surface area contributed by atoms with Gasteiger partial charge in [0.15, 0.2) is 0 Å². The van der Waals surface area contributed by atoms with Crippen molar-refractivity contribution in [3.63, 3.8) is 0 Å². The first-order valence-corrected chi connectivity index (χ1v) is 8.99. The van der Waals surface area contributed by atoms with Crippen LogP contribution in [-0.2, 0) is 16.1 Å². The molecule has 0 saturated carbocycles. The number of pyridine rings is 1. The molecule has 3 aromatic rings. The van der Waals surface area contributed by atoms with E-state index < -0.39 is 30.2 Å². The van der Waals surface area contributed by atoms with E-state index in [1.807, 2.05) is 48.5 Å². The molecule has 0 fully saturated rings. The van der Waals surface area contributed by atoms with Crippen molar-refractivity contribution in [3.05, 3.63) is 88.3 Å². The van der Waals surface area contributed by atoms with Crippen LogP contribution in [0, 0.1) is 0 Å². The molecule has 7 nitrogen and oxygen atoms in total. The normalized spacial score (nSPS) is 12.2. The Balaban J connectivity index is 1.94.